The maximum absolute atomic E-state index is 12.7. The number of rotatable bonds is 7. The van der Waals surface area contributed by atoms with Crippen molar-refractivity contribution < 1.29 is 14.3 Å². The highest BCUT2D eigenvalue weighted by Gasteiger charge is 2.31. The first-order valence-electron chi connectivity index (χ1n) is 9.92. The highest BCUT2D eigenvalue weighted by Crippen LogP contribution is 2.29. The van der Waals surface area contributed by atoms with Crippen LogP contribution in [0.1, 0.15) is 23.7 Å². The van der Waals surface area contributed by atoms with Crippen molar-refractivity contribution >= 4 is 16.9 Å². The molecule has 1 aromatic carbocycles. The minimum atomic E-state index is 0.0111. The van der Waals surface area contributed by atoms with Crippen LogP contribution < -0.4 is 4.74 Å². The Kier molecular flexibility index (Phi) is 5.76. The third kappa shape index (κ3) is 4.10. The van der Waals surface area contributed by atoms with Crippen molar-refractivity contribution in [2.45, 2.75) is 25.8 Å². The zero-order valence-electron chi connectivity index (χ0n) is 16.9. The molecule has 3 heterocycles. The molecule has 1 aliphatic rings. The first kappa shape index (κ1) is 19.4. The summed E-state index contributed by atoms with van der Waals surface area (Å²) in [5, 5.41) is 0. The number of amides is 1. The lowest BCUT2D eigenvalue weighted by molar-refractivity contribution is -0.132. The SMILES string of the molecule is COCCn1c([C@H]2CCN(C(=O)COc3ccccc3C)C2)nc2ccncc21. The van der Waals surface area contributed by atoms with E-state index in [1.54, 1.807) is 13.3 Å². The van der Waals surface area contributed by atoms with Gasteiger partial charge in [0.15, 0.2) is 6.61 Å². The van der Waals surface area contributed by atoms with Crippen LogP contribution in [0.3, 0.4) is 0 Å². The molecule has 0 unspecified atom stereocenters. The minimum absolute atomic E-state index is 0.0111. The lowest BCUT2D eigenvalue weighted by Gasteiger charge is -2.18. The summed E-state index contributed by atoms with van der Waals surface area (Å²) in [5.41, 5.74) is 2.96. The fraction of sp³-hybridized carbons (Fsp3) is 0.409. The number of ether oxygens (including phenoxy) is 2. The fourth-order valence-electron chi connectivity index (χ4n) is 3.86. The second kappa shape index (κ2) is 8.61. The molecule has 7 nitrogen and oxygen atoms in total. The van der Waals surface area contributed by atoms with Crippen molar-refractivity contribution in [3.8, 4) is 5.75 Å². The number of carbonyl (C=O) groups excluding carboxylic acids is 1. The number of aryl methyl sites for hydroxylation is 1. The van der Waals surface area contributed by atoms with Crippen molar-refractivity contribution in [1.82, 2.24) is 19.4 Å². The van der Waals surface area contributed by atoms with Crippen molar-refractivity contribution in [2.24, 2.45) is 0 Å². The second-order valence-electron chi connectivity index (χ2n) is 7.36. The van der Waals surface area contributed by atoms with E-state index < -0.39 is 0 Å². The Labute approximate surface area is 170 Å². The largest absolute Gasteiger partial charge is 0.484 e. The average molecular weight is 394 g/mol. The third-order valence-corrected chi connectivity index (χ3v) is 5.45. The number of nitrogens with zero attached hydrogens (tertiary/aromatic N) is 4. The van der Waals surface area contributed by atoms with Gasteiger partial charge < -0.3 is 18.9 Å². The molecule has 1 atom stereocenters. The minimum Gasteiger partial charge on any atom is -0.484 e. The van der Waals surface area contributed by atoms with Gasteiger partial charge in [0.05, 0.1) is 23.8 Å². The number of pyridine rings is 1. The molecule has 0 radical (unpaired) electrons. The van der Waals surface area contributed by atoms with E-state index in [0.717, 1.165) is 41.1 Å². The topological polar surface area (TPSA) is 69.5 Å². The van der Waals surface area contributed by atoms with Crippen LogP contribution in [0.25, 0.3) is 11.0 Å². The number of hydrogen-bond acceptors (Lipinski definition) is 5. The molecular formula is C22H26N4O3. The summed E-state index contributed by atoms with van der Waals surface area (Å²) < 4.78 is 13.2. The van der Waals surface area contributed by atoms with Gasteiger partial charge in [-0.1, -0.05) is 18.2 Å². The first-order chi connectivity index (χ1) is 14.2. The molecule has 2 aromatic heterocycles. The number of aromatic nitrogens is 3. The van der Waals surface area contributed by atoms with E-state index in [4.69, 9.17) is 14.5 Å². The van der Waals surface area contributed by atoms with Gasteiger partial charge >= 0.3 is 0 Å². The molecule has 1 amide bonds. The van der Waals surface area contributed by atoms with E-state index in [9.17, 15) is 4.79 Å². The van der Waals surface area contributed by atoms with Crippen LogP contribution in [0.5, 0.6) is 5.75 Å². The molecule has 29 heavy (non-hydrogen) atoms. The standard InChI is InChI=1S/C22H26N4O3/c1-16-5-3-4-6-20(16)29-15-21(27)25-10-8-17(14-25)22-24-18-7-9-23-13-19(18)26(22)11-12-28-2/h3-7,9,13,17H,8,10-12,14-15H2,1-2H3/t17-/m0/s1. The monoisotopic (exact) mass is 394 g/mol. The Bertz CT molecular complexity index is 1000. The Morgan fingerprint density at radius 1 is 1.28 bits per heavy atom. The molecule has 1 fully saturated rings. The summed E-state index contributed by atoms with van der Waals surface area (Å²) in [4.78, 5) is 23.6. The Morgan fingerprint density at radius 2 is 2.14 bits per heavy atom. The average Bonchev–Trinajstić information content (AvgIpc) is 3.36. The van der Waals surface area contributed by atoms with Gasteiger partial charge in [0, 0.05) is 38.9 Å². The molecule has 0 spiro atoms. The lowest BCUT2D eigenvalue weighted by Crippen LogP contribution is -2.33. The number of hydrogen-bond donors (Lipinski definition) is 0. The van der Waals surface area contributed by atoms with Gasteiger partial charge in [0.1, 0.15) is 11.6 Å². The lowest BCUT2D eigenvalue weighted by atomic mass is 10.1. The predicted octanol–water partition coefficient (Wildman–Crippen LogP) is 2.78. The molecule has 1 aliphatic heterocycles. The summed E-state index contributed by atoms with van der Waals surface area (Å²) in [6, 6.07) is 9.67. The van der Waals surface area contributed by atoms with Gasteiger partial charge in [-0.2, -0.15) is 0 Å². The van der Waals surface area contributed by atoms with Crippen LogP contribution in [-0.2, 0) is 16.1 Å². The zero-order valence-corrected chi connectivity index (χ0v) is 16.9. The summed E-state index contributed by atoms with van der Waals surface area (Å²) in [6.07, 6.45) is 4.49. The maximum Gasteiger partial charge on any atom is 0.260 e. The van der Waals surface area contributed by atoms with Crippen LogP contribution in [0.4, 0.5) is 0 Å². The number of carbonyl (C=O) groups is 1. The summed E-state index contributed by atoms with van der Waals surface area (Å²) >= 11 is 0. The molecule has 152 valence electrons. The molecule has 1 saturated heterocycles. The molecule has 3 aromatic rings. The Hall–Kier alpha value is -2.93. The van der Waals surface area contributed by atoms with E-state index in [1.807, 2.05) is 48.4 Å². The second-order valence-corrected chi connectivity index (χ2v) is 7.36. The summed E-state index contributed by atoms with van der Waals surface area (Å²) in [7, 11) is 1.70. The highest BCUT2D eigenvalue weighted by molar-refractivity contribution is 5.78. The van der Waals surface area contributed by atoms with Gasteiger partial charge in [-0.3, -0.25) is 9.78 Å². The van der Waals surface area contributed by atoms with E-state index >= 15 is 0 Å². The van der Waals surface area contributed by atoms with Gasteiger partial charge in [0.25, 0.3) is 5.91 Å². The van der Waals surface area contributed by atoms with E-state index in [-0.39, 0.29) is 18.4 Å². The molecule has 7 heteroatoms. The summed E-state index contributed by atoms with van der Waals surface area (Å²) in [5.74, 6) is 1.96. The fourth-order valence-corrected chi connectivity index (χ4v) is 3.86. The number of likely N-dealkylation sites (tertiary alicyclic amines) is 1. The van der Waals surface area contributed by atoms with Crippen LogP contribution in [0.2, 0.25) is 0 Å². The van der Waals surface area contributed by atoms with E-state index in [0.29, 0.717) is 19.7 Å². The molecule has 0 saturated carbocycles. The quantitative estimate of drug-likeness (QED) is 0.616. The van der Waals surface area contributed by atoms with Gasteiger partial charge in [0.2, 0.25) is 0 Å². The van der Waals surface area contributed by atoms with Crippen molar-refractivity contribution in [3.63, 3.8) is 0 Å². The van der Waals surface area contributed by atoms with Crippen molar-refractivity contribution in [2.75, 3.05) is 33.4 Å². The number of imidazole rings is 1. The highest BCUT2D eigenvalue weighted by atomic mass is 16.5. The van der Waals surface area contributed by atoms with E-state index in [2.05, 4.69) is 9.55 Å². The Balaban J connectivity index is 1.45. The third-order valence-electron chi connectivity index (χ3n) is 5.45. The normalized spacial score (nSPS) is 16.5. The maximum atomic E-state index is 12.7. The van der Waals surface area contributed by atoms with Gasteiger partial charge in [-0.25, -0.2) is 4.98 Å². The van der Waals surface area contributed by atoms with Gasteiger partial charge in [-0.05, 0) is 31.0 Å². The van der Waals surface area contributed by atoms with Crippen molar-refractivity contribution in [3.05, 3.63) is 54.1 Å². The van der Waals surface area contributed by atoms with Crippen LogP contribution >= 0.6 is 0 Å². The molecule has 4 rings (SSSR count). The van der Waals surface area contributed by atoms with Crippen molar-refractivity contribution in [1.29, 1.82) is 0 Å². The molecule has 0 aliphatic carbocycles. The molecule has 0 bridgehead atoms. The summed E-state index contributed by atoms with van der Waals surface area (Å²) in [6.45, 7) is 4.72. The Morgan fingerprint density at radius 3 is 2.97 bits per heavy atom. The zero-order chi connectivity index (χ0) is 20.2. The number of fused-ring (bicyclic) bond motifs is 1. The van der Waals surface area contributed by atoms with Crippen LogP contribution in [0, 0.1) is 6.92 Å². The van der Waals surface area contributed by atoms with E-state index in [1.165, 1.54) is 0 Å². The molecule has 0 N–H and O–H groups in total. The molecular weight excluding hydrogens is 368 g/mol. The number of para-hydroxylation sites is 1. The number of methoxy groups -OCH3 is 1. The smallest absolute Gasteiger partial charge is 0.260 e. The van der Waals surface area contributed by atoms with Gasteiger partial charge in [-0.15, -0.1) is 0 Å². The van der Waals surface area contributed by atoms with Crippen LogP contribution in [0.15, 0.2) is 42.7 Å². The first-order valence-corrected chi connectivity index (χ1v) is 9.92. The number of benzene rings is 1. The van der Waals surface area contributed by atoms with Crippen LogP contribution in [-0.4, -0.2) is 58.8 Å². The predicted molar refractivity (Wildman–Crippen MR) is 110 cm³/mol.